The third-order valence-electron chi connectivity index (χ3n) is 1.12. The van der Waals surface area contributed by atoms with Crippen LogP contribution in [0.4, 0.5) is 0 Å². The number of amides is 1. The number of carbonyl (C=O) groups is 1. The number of carbonyl (C=O) groups excluding carboxylic acids is 1. The first-order chi connectivity index (χ1) is 5.20. The van der Waals surface area contributed by atoms with Gasteiger partial charge in [0, 0.05) is 6.92 Å². The van der Waals surface area contributed by atoms with Crippen LogP contribution < -0.4 is 5.32 Å². The van der Waals surface area contributed by atoms with Crippen molar-refractivity contribution in [3.8, 4) is 0 Å². The smallest absolute Gasteiger partial charge is 0.217 e. The molecule has 11 heavy (non-hydrogen) atoms. The summed E-state index contributed by atoms with van der Waals surface area (Å²) in [7, 11) is 0. The lowest BCUT2D eigenvalue weighted by atomic mass is 10.2. The number of nitrogens with one attached hydrogen (secondary N) is 1. The molecular formula is C8H19NO2. The molecule has 0 fully saturated rings. The third-order valence-corrected chi connectivity index (χ3v) is 1.12. The summed E-state index contributed by atoms with van der Waals surface area (Å²) in [5.41, 5.74) is 0. The number of aliphatic hydroxyl groups excluding tert-OH is 1. The summed E-state index contributed by atoms with van der Waals surface area (Å²) in [6, 6.07) is -0.0671. The zero-order chi connectivity index (χ0) is 9.28. The lowest BCUT2D eigenvalue weighted by Gasteiger charge is -2.10. The lowest BCUT2D eigenvalue weighted by Crippen LogP contribution is -2.35. The van der Waals surface area contributed by atoms with E-state index in [1.54, 1.807) is 0 Å². The van der Waals surface area contributed by atoms with E-state index in [1.807, 2.05) is 20.8 Å². The maximum atomic E-state index is 10.3. The molecule has 0 aliphatic heterocycles. The van der Waals surface area contributed by atoms with Crippen LogP contribution in [-0.4, -0.2) is 23.7 Å². The summed E-state index contributed by atoms with van der Waals surface area (Å²) < 4.78 is 0. The molecular weight excluding hydrogens is 142 g/mol. The molecule has 1 atom stereocenters. The van der Waals surface area contributed by atoms with Gasteiger partial charge in [0.05, 0.1) is 12.6 Å². The summed E-state index contributed by atoms with van der Waals surface area (Å²) in [5, 5.41) is 11.2. The zero-order valence-electron chi connectivity index (χ0n) is 7.85. The summed E-state index contributed by atoms with van der Waals surface area (Å²) in [6.45, 7) is 7.38. The van der Waals surface area contributed by atoms with E-state index in [2.05, 4.69) is 5.32 Å². The first-order valence-corrected chi connectivity index (χ1v) is 4.08. The second kappa shape index (κ2) is 9.43. The van der Waals surface area contributed by atoms with Crippen molar-refractivity contribution in [1.82, 2.24) is 5.32 Å². The minimum atomic E-state index is -0.0871. The van der Waals surface area contributed by atoms with Crippen molar-refractivity contribution in [3.63, 3.8) is 0 Å². The minimum Gasteiger partial charge on any atom is -0.394 e. The Morgan fingerprint density at radius 2 is 2.00 bits per heavy atom. The van der Waals surface area contributed by atoms with Crippen molar-refractivity contribution in [2.24, 2.45) is 0 Å². The minimum absolute atomic E-state index is 0.0239. The van der Waals surface area contributed by atoms with Gasteiger partial charge in [-0.3, -0.25) is 4.79 Å². The third kappa shape index (κ3) is 9.43. The van der Waals surface area contributed by atoms with Crippen molar-refractivity contribution >= 4 is 5.91 Å². The van der Waals surface area contributed by atoms with Crippen LogP contribution >= 0.6 is 0 Å². The molecule has 0 spiro atoms. The van der Waals surface area contributed by atoms with Gasteiger partial charge in [0.2, 0.25) is 5.91 Å². The molecule has 0 heterocycles. The van der Waals surface area contributed by atoms with Gasteiger partial charge in [-0.1, -0.05) is 20.8 Å². The van der Waals surface area contributed by atoms with Crippen LogP contribution in [0.25, 0.3) is 0 Å². The monoisotopic (exact) mass is 161 g/mol. The molecule has 0 aromatic rings. The van der Waals surface area contributed by atoms with E-state index in [1.165, 1.54) is 6.92 Å². The topological polar surface area (TPSA) is 49.3 Å². The fraction of sp³-hybridized carbons (Fsp3) is 0.875. The van der Waals surface area contributed by atoms with Crippen LogP contribution in [0, 0.1) is 0 Å². The van der Waals surface area contributed by atoms with E-state index < -0.39 is 0 Å². The van der Waals surface area contributed by atoms with Crippen molar-refractivity contribution in [2.45, 2.75) is 40.2 Å². The van der Waals surface area contributed by atoms with E-state index in [4.69, 9.17) is 5.11 Å². The van der Waals surface area contributed by atoms with E-state index in [0.717, 1.165) is 6.42 Å². The Labute approximate surface area is 68.8 Å². The molecule has 3 nitrogen and oxygen atoms in total. The predicted octanol–water partition coefficient (Wildman–Crippen LogP) is 0.920. The van der Waals surface area contributed by atoms with Crippen LogP contribution in [0.2, 0.25) is 0 Å². The van der Waals surface area contributed by atoms with E-state index >= 15 is 0 Å². The summed E-state index contributed by atoms with van der Waals surface area (Å²) in [5.74, 6) is -0.0871. The maximum Gasteiger partial charge on any atom is 0.217 e. The number of aliphatic hydroxyl groups is 1. The molecule has 0 aromatic carbocycles. The van der Waals surface area contributed by atoms with Gasteiger partial charge in [-0.2, -0.15) is 0 Å². The van der Waals surface area contributed by atoms with Crippen molar-refractivity contribution < 1.29 is 9.90 Å². The molecule has 1 amide bonds. The van der Waals surface area contributed by atoms with Gasteiger partial charge in [0.25, 0.3) is 0 Å². The molecule has 2 N–H and O–H groups in total. The van der Waals surface area contributed by atoms with Crippen molar-refractivity contribution in [3.05, 3.63) is 0 Å². The summed E-state index contributed by atoms with van der Waals surface area (Å²) >= 11 is 0. The predicted molar refractivity (Wildman–Crippen MR) is 46.3 cm³/mol. The summed E-state index contributed by atoms with van der Waals surface area (Å²) in [6.07, 6.45) is 0.774. The SMILES string of the molecule is CC.CCC(CO)NC(C)=O. The van der Waals surface area contributed by atoms with Gasteiger partial charge in [0.1, 0.15) is 0 Å². The number of hydrogen-bond acceptors (Lipinski definition) is 2. The van der Waals surface area contributed by atoms with Gasteiger partial charge in [-0.05, 0) is 6.42 Å². The largest absolute Gasteiger partial charge is 0.394 e. The highest BCUT2D eigenvalue weighted by Crippen LogP contribution is 1.86. The standard InChI is InChI=1S/C6H13NO2.C2H6/c1-3-6(4-8)7-5(2)9;1-2/h6,8H,3-4H2,1-2H3,(H,7,9);1-2H3. The van der Waals surface area contributed by atoms with Gasteiger partial charge >= 0.3 is 0 Å². The molecule has 0 aliphatic carbocycles. The Hall–Kier alpha value is -0.570. The first-order valence-electron chi connectivity index (χ1n) is 4.08. The van der Waals surface area contributed by atoms with Crippen LogP contribution in [0.3, 0.4) is 0 Å². The van der Waals surface area contributed by atoms with Crippen molar-refractivity contribution in [2.75, 3.05) is 6.61 Å². The Morgan fingerprint density at radius 1 is 1.55 bits per heavy atom. The summed E-state index contributed by atoms with van der Waals surface area (Å²) in [4.78, 5) is 10.3. The molecule has 0 radical (unpaired) electrons. The van der Waals surface area contributed by atoms with E-state index in [-0.39, 0.29) is 18.6 Å². The Morgan fingerprint density at radius 3 is 2.09 bits per heavy atom. The lowest BCUT2D eigenvalue weighted by molar-refractivity contribution is -0.120. The molecule has 68 valence electrons. The molecule has 0 aliphatic rings. The highest BCUT2D eigenvalue weighted by atomic mass is 16.3. The average molecular weight is 161 g/mol. The molecule has 3 heteroatoms. The van der Waals surface area contributed by atoms with Gasteiger partial charge in [0.15, 0.2) is 0 Å². The van der Waals surface area contributed by atoms with Crippen LogP contribution in [0.5, 0.6) is 0 Å². The zero-order valence-corrected chi connectivity index (χ0v) is 7.85. The molecule has 0 saturated carbocycles. The Bertz CT molecular complexity index is 90.1. The number of hydrogen-bond donors (Lipinski definition) is 2. The Balaban J connectivity index is 0. The molecule has 0 saturated heterocycles. The molecule has 0 bridgehead atoms. The van der Waals surface area contributed by atoms with Crippen molar-refractivity contribution in [1.29, 1.82) is 0 Å². The molecule has 0 aromatic heterocycles. The quantitative estimate of drug-likeness (QED) is 0.646. The van der Waals surface area contributed by atoms with Crippen LogP contribution in [-0.2, 0) is 4.79 Å². The molecule has 1 unspecified atom stereocenters. The van der Waals surface area contributed by atoms with Gasteiger partial charge in [-0.25, -0.2) is 0 Å². The van der Waals surface area contributed by atoms with E-state index in [9.17, 15) is 4.79 Å². The maximum absolute atomic E-state index is 10.3. The number of rotatable bonds is 3. The average Bonchev–Trinajstić information content (AvgIpc) is 2.03. The first kappa shape index (κ1) is 13.1. The Kier molecular flexibility index (Phi) is 11.2. The van der Waals surface area contributed by atoms with Crippen LogP contribution in [0.15, 0.2) is 0 Å². The van der Waals surface area contributed by atoms with E-state index in [0.29, 0.717) is 0 Å². The highest BCUT2D eigenvalue weighted by molar-refractivity contribution is 5.73. The second-order valence-corrected chi connectivity index (χ2v) is 1.99. The van der Waals surface area contributed by atoms with Crippen LogP contribution in [0.1, 0.15) is 34.1 Å². The fourth-order valence-corrected chi connectivity index (χ4v) is 0.564. The molecule has 0 rings (SSSR count). The van der Waals surface area contributed by atoms with Gasteiger partial charge < -0.3 is 10.4 Å². The highest BCUT2D eigenvalue weighted by Gasteiger charge is 2.03. The fourth-order valence-electron chi connectivity index (χ4n) is 0.564. The second-order valence-electron chi connectivity index (χ2n) is 1.99. The van der Waals surface area contributed by atoms with Gasteiger partial charge in [-0.15, -0.1) is 0 Å². The normalized spacial score (nSPS) is 11.0.